The molecule has 1 amide bonds. The van der Waals surface area contributed by atoms with E-state index in [2.05, 4.69) is 23.2 Å². The van der Waals surface area contributed by atoms with E-state index in [0.29, 0.717) is 18.6 Å². The van der Waals surface area contributed by atoms with Crippen LogP contribution < -0.4 is 15.0 Å². The molecule has 1 aromatic carbocycles. The molecule has 0 radical (unpaired) electrons. The molecule has 0 unspecified atom stereocenters. The van der Waals surface area contributed by atoms with Crippen LogP contribution in [0, 0.1) is 11.8 Å². The number of ether oxygens (including phenoxy) is 1. The van der Waals surface area contributed by atoms with E-state index >= 15 is 0 Å². The van der Waals surface area contributed by atoms with E-state index in [-0.39, 0.29) is 11.8 Å². The number of carbonyl (C=O) groups excluding carboxylic acids is 1. The largest absolute Gasteiger partial charge is 0.494 e. The Kier molecular flexibility index (Phi) is 6.04. The van der Waals surface area contributed by atoms with Crippen molar-refractivity contribution in [1.29, 1.82) is 0 Å². The van der Waals surface area contributed by atoms with E-state index in [0.717, 1.165) is 53.4 Å². The van der Waals surface area contributed by atoms with Crippen molar-refractivity contribution in [3.8, 4) is 5.75 Å². The normalized spacial score (nSPS) is 23.7. The predicted octanol–water partition coefficient (Wildman–Crippen LogP) is 4.61. The molecule has 2 aromatic rings. The Labute approximate surface area is 171 Å². The van der Waals surface area contributed by atoms with Crippen LogP contribution in [0.25, 0.3) is 10.2 Å². The number of thiazole rings is 1. The van der Waals surface area contributed by atoms with E-state index in [1.807, 2.05) is 19.1 Å². The van der Waals surface area contributed by atoms with E-state index in [9.17, 15) is 4.79 Å². The molecule has 2 heterocycles. The van der Waals surface area contributed by atoms with E-state index in [1.165, 1.54) is 19.3 Å². The number of hydrogen-bond donors (Lipinski definition) is 1. The fourth-order valence-electron chi connectivity index (χ4n) is 4.45. The van der Waals surface area contributed by atoms with Gasteiger partial charge in [-0.1, -0.05) is 31.1 Å². The molecule has 152 valence electrons. The average Bonchev–Trinajstić information content (AvgIpc) is 3.13. The highest BCUT2D eigenvalue weighted by atomic mass is 32.1. The summed E-state index contributed by atoms with van der Waals surface area (Å²) in [5.41, 5.74) is 1.02. The first-order valence-corrected chi connectivity index (χ1v) is 11.5. The van der Waals surface area contributed by atoms with Crippen molar-refractivity contribution in [2.75, 3.05) is 24.6 Å². The topological polar surface area (TPSA) is 54.5 Å². The highest BCUT2D eigenvalue weighted by Crippen LogP contribution is 2.33. The zero-order chi connectivity index (χ0) is 19.5. The number of anilines is 1. The van der Waals surface area contributed by atoms with Gasteiger partial charge in [0.1, 0.15) is 5.75 Å². The molecule has 6 heteroatoms. The maximum Gasteiger partial charge on any atom is 0.223 e. The van der Waals surface area contributed by atoms with Gasteiger partial charge < -0.3 is 15.0 Å². The third kappa shape index (κ3) is 4.27. The highest BCUT2D eigenvalue weighted by Gasteiger charge is 2.29. The lowest BCUT2D eigenvalue weighted by molar-refractivity contribution is -0.126. The van der Waals surface area contributed by atoms with Gasteiger partial charge >= 0.3 is 0 Å². The molecule has 1 saturated carbocycles. The molecule has 1 N–H and O–H groups in total. The van der Waals surface area contributed by atoms with Crippen LogP contribution in [0.5, 0.6) is 5.75 Å². The summed E-state index contributed by atoms with van der Waals surface area (Å²) in [4.78, 5) is 19.9. The van der Waals surface area contributed by atoms with Crippen LogP contribution in [0.3, 0.4) is 0 Å². The molecular weight excluding hydrogens is 370 g/mol. The molecule has 1 aliphatic heterocycles. The quantitative estimate of drug-likeness (QED) is 0.795. The SMILES string of the molecule is CCOc1ccc2nc(N3CCC(C(=O)N[C@H]4CCCC[C@@H]4C)CC3)sc2c1. The second-order valence-electron chi connectivity index (χ2n) is 8.20. The van der Waals surface area contributed by atoms with Crippen molar-refractivity contribution in [2.24, 2.45) is 11.8 Å². The minimum Gasteiger partial charge on any atom is -0.494 e. The lowest BCUT2D eigenvalue weighted by Crippen LogP contribution is -2.46. The number of nitrogens with zero attached hydrogens (tertiary/aromatic N) is 2. The molecule has 2 fully saturated rings. The van der Waals surface area contributed by atoms with Crippen molar-refractivity contribution in [3.05, 3.63) is 18.2 Å². The van der Waals surface area contributed by atoms with Gasteiger partial charge in [-0.15, -0.1) is 0 Å². The van der Waals surface area contributed by atoms with Crippen LogP contribution in [0.1, 0.15) is 52.4 Å². The van der Waals surface area contributed by atoms with Crippen molar-refractivity contribution in [3.63, 3.8) is 0 Å². The fourth-order valence-corrected chi connectivity index (χ4v) is 5.49. The first-order chi connectivity index (χ1) is 13.6. The van der Waals surface area contributed by atoms with Gasteiger partial charge in [0.05, 0.1) is 16.8 Å². The van der Waals surface area contributed by atoms with Crippen LogP contribution in [0.15, 0.2) is 18.2 Å². The Balaban J connectivity index is 1.34. The molecule has 2 atom stereocenters. The van der Waals surface area contributed by atoms with Gasteiger partial charge in [-0.3, -0.25) is 4.79 Å². The average molecular weight is 402 g/mol. The first kappa shape index (κ1) is 19.5. The second kappa shape index (κ2) is 8.68. The standard InChI is InChI=1S/C22H31N3O2S/c1-3-27-17-8-9-19-20(14-17)28-22(24-19)25-12-10-16(11-13-25)21(26)23-18-7-5-4-6-15(18)2/h8-9,14-16,18H,3-7,10-13H2,1-2H3,(H,23,26)/t15-,18-/m0/s1. The molecular formula is C22H31N3O2S. The van der Waals surface area contributed by atoms with Crippen molar-refractivity contribution >= 4 is 32.6 Å². The lowest BCUT2D eigenvalue weighted by atomic mass is 9.85. The van der Waals surface area contributed by atoms with E-state index in [1.54, 1.807) is 11.3 Å². The zero-order valence-corrected chi connectivity index (χ0v) is 17.8. The lowest BCUT2D eigenvalue weighted by Gasteiger charge is -2.34. The van der Waals surface area contributed by atoms with Gasteiger partial charge in [0.2, 0.25) is 5.91 Å². The smallest absolute Gasteiger partial charge is 0.223 e. The number of carbonyl (C=O) groups is 1. The number of rotatable bonds is 5. The van der Waals surface area contributed by atoms with E-state index < -0.39 is 0 Å². The van der Waals surface area contributed by atoms with Gasteiger partial charge in [-0.05, 0) is 56.7 Å². The van der Waals surface area contributed by atoms with Crippen molar-refractivity contribution in [1.82, 2.24) is 10.3 Å². The van der Waals surface area contributed by atoms with Gasteiger partial charge in [0.25, 0.3) is 0 Å². The third-order valence-electron chi connectivity index (χ3n) is 6.24. The monoisotopic (exact) mass is 401 g/mol. The van der Waals surface area contributed by atoms with E-state index in [4.69, 9.17) is 9.72 Å². The number of fused-ring (bicyclic) bond motifs is 1. The van der Waals surface area contributed by atoms with Crippen LogP contribution in [0.4, 0.5) is 5.13 Å². The first-order valence-electron chi connectivity index (χ1n) is 10.7. The Bertz CT molecular complexity index is 813. The molecule has 1 aliphatic carbocycles. The Morgan fingerprint density at radius 3 is 2.79 bits per heavy atom. The molecule has 2 aliphatic rings. The Hall–Kier alpha value is -1.82. The summed E-state index contributed by atoms with van der Waals surface area (Å²) < 4.78 is 6.76. The van der Waals surface area contributed by atoms with Crippen molar-refractivity contribution < 1.29 is 9.53 Å². The molecule has 1 saturated heterocycles. The van der Waals surface area contributed by atoms with Crippen LogP contribution in [-0.4, -0.2) is 36.6 Å². The number of aromatic nitrogens is 1. The highest BCUT2D eigenvalue weighted by molar-refractivity contribution is 7.22. The summed E-state index contributed by atoms with van der Waals surface area (Å²) in [6.07, 6.45) is 6.75. The van der Waals surface area contributed by atoms with Gasteiger partial charge in [-0.2, -0.15) is 0 Å². The molecule has 0 spiro atoms. The molecule has 1 aromatic heterocycles. The Morgan fingerprint density at radius 1 is 1.25 bits per heavy atom. The number of piperidine rings is 1. The number of amides is 1. The van der Waals surface area contributed by atoms with Crippen LogP contribution in [0.2, 0.25) is 0 Å². The maximum atomic E-state index is 12.7. The number of benzene rings is 1. The molecule has 5 nitrogen and oxygen atoms in total. The summed E-state index contributed by atoms with van der Waals surface area (Å²) in [5, 5.41) is 4.41. The van der Waals surface area contributed by atoms with Crippen LogP contribution in [-0.2, 0) is 4.79 Å². The summed E-state index contributed by atoms with van der Waals surface area (Å²) in [6, 6.07) is 6.47. The molecule has 4 rings (SSSR count). The predicted molar refractivity (Wildman–Crippen MR) is 115 cm³/mol. The maximum absolute atomic E-state index is 12.7. The number of nitrogens with one attached hydrogen (secondary N) is 1. The van der Waals surface area contributed by atoms with Gasteiger partial charge in [0, 0.05) is 25.0 Å². The zero-order valence-electron chi connectivity index (χ0n) is 16.9. The molecule has 0 bridgehead atoms. The van der Waals surface area contributed by atoms with Crippen LogP contribution >= 0.6 is 11.3 Å². The number of hydrogen-bond acceptors (Lipinski definition) is 5. The summed E-state index contributed by atoms with van der Waals surface area (Å²) >= 11 is 1.72. The van der Waals surface area contributed by atoms with Gasteiger partial charge in [0.15, 0.2) is 5.13 Å². The summed E-state index contributed by atoms with van der Waals surface area (Å²) in [7, 11) is 0. The second-order valence-corrected chi connectivity index (χ2v) is 9.21. The fraction of sp³-hybridized carbons (Fsp3) is 0.636. The van der Waals surface area contributed by atoms with Crippen molar-refractivity contribution in [2.45, 2.75) is 58.4 Å². The minimum absolute atomic E-state index is 0.143. The summed E-state index contributed by atoms with van der Waals surface area (Å²) in [6.45, 7) is 6.74. The minimum atomic E-state index is 0.143. The molecule has 28 heavy (non-hydrogen) atoms. The summed E-state index contributed by atoms with van der Waals surface area (Å²) in [5.74, 6) is 1.92. The Morgan fingerprint density at radius 2 is 2.04 bits per heavy atom. The van der Waals surface area contributed by atoms with Gasteiger partial charge in [-0.25, -0.2) is 4.98 Å². The third-order valence-corrected chi connectivity index (χ3v) is 7.31.